The second-order valence-electron chi connectivity index (χ2n) is 6.62. The van der Waals surface area contributed by atoms with Gasteiger partial charge in [0.2, 0.25) is 0 Å². The second kappa shape index (κ2) is 8.19. The van der Waals surface area contributed by atoms with Crippen LogP contribution in [0.2, 0.25) is 0 Å². The van der Waals surface area contributed by atoms with Crippen LogP contribution in [0.3, 0.4) is 0 Å². The zero-order valence-corrected chi connectivity index (χ0v) is 16.3. The van der Waals surface area contributed by atoms with Crippen molar-refractivity contribution in [3.8, 4) is 0 Å². The number of phosphoric ester groups is 1. The highest BCUT2D eigenvalue weighted by atomic mass is 31.2. The minimum atomic E-state index is -3.49. The molecule has 3 rings (SSSR count). The summed E-state index contributed by atoms with van der Waals surface area (Å²) in [6.07, 6.45) is 4.50. The highest BCUT2D eigenvalue weighted by Crippen LogP contribution is 2.49. The third kappa shape index (κ3) is 4.18. The van der Waals surface area contributed by atoms with Gasteiger partial charge >= 0.3 is 7.82 Å². The number of phosphoric acid groups is 1. The maximum Gasteiger partial charge on any atom is 0.474 e. The number of H-pyrrole nitrogens is 1. The Hall–Kier alpha value is -1.24. The van der Waals surface area contributed by atoms with E-state index in [1.807, 2.05) is 13.1 Å². The van der Waals surface area contributed by atoms with Crippen LogP contribution >= 0.6 is 7.82 Å². The molecule has 0 radical (unpaired) electrons. The lowest BCUT2D eigenvalue weighted by Gasteiger charge is -2.30. The predicted octanol–water partition coefficient (Wildman–Crippen LogP) is 4.12. The number of nitrogens with zero attached hydrogens (tertiary/aromatic N) is 1. The molecule has 0 aliphatic carbocycles. The number of halogens is 1. The largest absolute Gasteiger partial charge is 0.474 e. The van der Waals surface area contributed by atoms with Gasteiger partial charge < -0.3 is 4.98 Å². The minimum Gasteiger partial charge on any atom is -0.361 e. The molecule has 1 N–H and O–H groups in total. The number of rotatable bonds is 8. The van der Waals surface area contributed by atoms with Crippen molar-refractivity contribution >= 4 is 18.7 Å². The topological polar surface area (TPSA) is 63.8 Å². The maximum atomic E-state index is 13.5. The van der Waals surface area contributed by atoms with Crippen molar-refractivity contribution in [1.29, 1.82) is 0 Å². The maximum absolute atomic E-state index is 13.5. The normalized spacial score (nSPS) is 20.1. The van der Waals surface area contributed by atoms with E-state index in [1.54, 1.807) is 12.1 Å². The molecule has 1 aromatic heterocycles. The lowest BCUT2D eigenvalue weighted by atomic mass is 10.1. The zero-order chi connectivity index (χ0) is 18.7. The number of hydrogen-bond acceptors (Lipinski definition) is 5. The minimum absolute atomic E-state index is 0.149. The van der Waals surface area contributed by atoms with Gasteiger partial charge in [0.05, 0.1) is 6.10 Å². The standard InChI is InChI=1S/C18H26FN2O4P/c1-13(25-26(22,23-2)24-3)18-5-4-9-21(18)10-8-14-12-20-17-7-6-15(19)11-16(14)17/h6-7,11-13,18,20H,4-5,8-10H2,1-3H3/t13?,18-/m0/s1. The van der Waals surface area contributed by atoms with Crippen molar-refractivity contribution in [2.24, 2.45) is 0 Å². The summed E-state index contributed by atoms with van der Waals surface area (Å²) in [7, 11) is -0.857. The molecule has 2 heterocycles. The smallest absolute Gasteiger partial charge is 0.361 e. The van der Waals surface area contributed by atoms with Gasteiger partial charge in [-0.15, -0.1) is 0 Å². The zero-order valence-electron chi connectivity index (χ0n) is 15.4. The summed E-state index contributed by atoms with van der Waals surface area (Å²) in [4.78, 5) is 5.52. The predicted molar refractivity (Wildman–Crippen MR) is 98.7 cm³/mol. The Morgan fingerprint density at radius 3 is 2.88 bits per heavy atom. The Morgan fingerprint density at radius 2 is 2.15 bits per heavy atom. The van der Waals surface area contributed by atoms with Gasteiger partial charge in [0.25, 0.3) is 0 Å². The van der Waals surface area contributed by atoms with E-state index in [0.717, 1.165) is 48.8 Å². The molecular weight excluding hydrogens is 358 g/mol. The van der Waals surface area contributed by atoms with E-state index in [4.69, 9.17) is 13.6 Å². The molecular formula is C18H26FN2O4P. The molecule has 6 nitrogen and oxygen atoms in total. The van der Waals surface area contributed by atoms with Crippen LogP contribution in [0.15, 0.2) is 24.4 Å². The van der Waals surface area contributed by atoms with E-state index in [9.17, 15) is 8.96 Å². The quantitative estimate of drug-likeness (QED) is 0.694. The van der Waals surface area contributed by atoms with Crippen molar-refractivity contribution in [2.45, 2.75) is 38.3 Å². The monoisotopic (exact) mass is 384 g/mol. The fourth-order valence-electron chi connectivity index (χ4n) is 3.72. The van der Waals surface area contributed by atoms with Crippen molar-refractivity contribution in [1.82, 2.24) is 9.88 Å². The average Bonchev–Trinajstić information content (AvgIpc) is 3.26. The van der Waals surface area contributed by atoms with Crippen molar-refractivity contribution < 1.29 is 22.5 Å². The fourth-order valence-corrected chi connectivity index (χ4v) is 4.59. The molecule has 26 heavy (non-hydrogen) atoms. The first kappa shape index (κ1) is 19.5. The Kier molecular flexibility index (Phi) is 6.15. The van der Waals surface area contributed by atoms with Crippen LogP contribution in [0.4, 0.5) is 4.39 Å². The van der Waals surface area contributed by atoms with Gasteiger partial charge in [-0.25, -0.2) is 8.96 Å². The summed E-state index contributed by atoms with van der Waals surface area (Å²) in [5.74, 6) is -0.227. The number of benzene rings is 1. The highest BCUT2D eigenvalue weighted by molar-refractivity contribution is 7.48. The van der Waals surface area contributed by atoms with Gasteiger partial charge in [-0.1, -0.05) is 0 Å². The SMILES string of the molecule is COP(=O)(OC)OC(C)[C@@H]1CCCN1CCc1c[nH]c2ccc(F)cc12. The molecule has 1 unspecified atom stereocenters. The highest BCUT2D eigenvalue weighted by Gasteiger charge is 2.35. The third-order valence-corrected chi connectivity index (χ3v) is 6.58. The van der Waals surface area contributed by atoms with Crippen LogP contribution in [0, 0.1) is 5.82 Å². The van der Waals surface area contributed by atoms with Gasteiger partial charge in [-0.2, -0.15) is 0 Å². The number of hydrogen-bond donors (Lipinski definition) is 1. The average molecular weight is 384 g/mol. The number of fused-ring (bicyclic) bond motifs is 1. The lowest BCUT2D eigenvalue weighted by Crippen LogP contribution is -2.39. The summed E-state index contributed by atoms with van der Waals surface area (Å²) < 4.78 is 41.1. The summed E-state index contributed by atoms with van der Waals surface area (Å²) in [6, 6.07) is 4.94. The number of aromatic amines is 1. The Bertz CT molecular complexity index is 789. The van der Waals surface area contributed by atoms with Crippen molar-refractivity contribution in [2.75, 3.05) is 27.3 Å². The van der Waals surface area contributed by atoms with Crippen LogP contribution in [0.5, 0.6) is 0 Å². The molecule has 0 spiro atoms. The fraction of sp³-hybridized carbons (Fsp3) is 0.556. The van der Waals surface area contributed by atoms with Gasteiger partial charge in [-0.05, 0) is 56.5 Å². The van der Waals surface area contributed by atoms with Crippen LogP contribution in [0.25, 0.3) is 10.9 Å². The molecule has 0 amide bonds. The molecule has 2 aromatic rings. The van der Waals surface area contributed by atoms with Gasteiger partial charge in [0.15, 0.2) is 0 Å². The van der Waals surface area contributed by atoms with Crippen molar-refractivity contribution in [3.63, 3.8) is 0 Å². The lowest BCUT2D eigenvalue weighted by molar-refractivity contribution is 0.0606. The van der Waals surface area contributed by atoms with E-state index in [1.165, 1.54) is 20.3 Å². The molecule has 1 aliphatic heterocycles. The summed E-state index contributed by atoms with van der Waals surface area (Å²) >= 11 is 0. The second-order valence-corrected chi connectivity index (χ2v) is 8.46. The number of aromatic nitrogens is 1. The van der Waals surface area contributed by atoms with Gasteiger partial charge in [0, 0.05) is 43.9 Å². The van der Waals surface area contributed by atoms with E-state index in [0.29, 0.717) is 0 Å². The Balaban J connectivity index is 1.65. The Morgan fingerprint density at radius 1 is 1.38 bits per heavy atom. The molecule has 2 atom stereocenters. The summed E-state index contributed by atoms with van der Waals surface area (Å²) in [5, 5.41) is 0.924. The van der Waals surface area contributed by atoms with Crippen LogP contribution in [0.1, 0.15) is 25.3 Å². The number of nitrogens with one attached hydrogen (secondary N) is 1. The van der Waals surface area contributed by atoms with Crippen LogP contribution in [-0.4, -0.2) is 49.3 Å². The Labute approximate surface area is 153 Å². The van der Waals surface area contributed by atoms with E-state index < -0.39 is 7.82 Å². The van der Waals surface area contributed by atoms with Gasteiger partial charge in [-0.3, -0.25) is 18.5 Å². The molecule has 1 aromatic carbocycles. The van der Waals surface area contributed by atoms with Crippen LogP contribution in [-0.2, 0) is 24.6 Å². The third-order valence-electron chi connectivity index (χ3n) is 5.10. The molecule has 1 fully saturated rings. The van der Waals surface area contributed by atoms with Gasteiger partial charge in [0.1, 0.15) is 5.82 Å². The van der Waals surface area contributed by atoms with E-state index in [-0.39, 0.29) is 18.0 Å². The molecule has 1 aliphatic rings. The molecule has 0 saturated carbocycles. The molecule has 144 valence electrons. The first-order chi connectivity index (χ1) is 12.5. The molecule has 0 bridgehead atoms. The van der Waals surface area contributed by atoms with E-state index >= 15 is 0 Å². The van der Waals surface area contributed by atoms with E-state index in [2.05, 4.69) is 9.88 Å². The molecule has 8 heteroatoms. The first-order valence-electron chi connectivity index (χ1n) is 8.85. The summed E-state index contributed by atoms with van der Waals surface area (Å²) in [6.45, 7) is 3.68. The van der Waals surface area contributed by atoms with Crippen LogP contribution < -0.4 is 0 Å². The summed E-state index contributed by atoms with van der Waals surface area (Å²) in [5.41, 5.74) is 2.04. The first-order valence-corrected chi connectivity index (χ1v) is 10.3. The van der Waals surface area contributed by atoms with Crippen molar-refractivity contribution in [3.05, 3.63) is 35.8 Å². The molecule has 1 saturated heterocycles. The number of likely N-dealkylation sites (tertiary alicyclic amines) is 1.